The summed E-state index contributed by atoms with van der Waals surface area (Å²) in [6, 6.07) is 4.99. The van der Waals surface area contributed by atoms with Gasteiger partial charge in [0.05, 0.1) is 0 Å². The van der Waals surface area contributed by atoms with Crippen LogP contribution < -0.4 is 5.73 Å². The number of phenolic OH excluding ortho intramolecular Hbond substituents is 2. The molecular weight excluding hydrogens is 216 g/mol. The SMILES string of the molecule is CC(N)C1CCN(Cc2ccc(O)cc2O)C1. The molecule has 2 atom stereocenters. The van der Waals surface area contributed by atoms with E-state index in [2.05, 4.69) is 4.90 Å². The molecule has 2 rings (SSSR count). The van der Waals surface area contributed by atoms with Crippen LogP contribution in [0, 0.1) is 5.92 Å². The smallest absolute Gasteiger partial charge is 0.123 e. The number of phenols is 2. The first kappa shape index (κ1) is 12.2. The number of nitrogens with zero attached hydrogens (tertiary/aromatic N) is 1. The van der Waals surface area contributed by atoms with Crippen molar-refractivity contribution in [3.05, 3.63) is 23.8 Å². The molecule has 17 heavy (non-hydrogen) atoms. The quantitative estimate of drug-likeness (QED) is 0.739. The largest absolute Gasteiger partial charge is 0.508 e. The summed E-state index contributed by atoms with van der Waals surface area (Å²) in [6.45, 7) is 4.77. The van der Waals surface area contributed by atoms with Crippen LogP contribution in [0.5, 0.6) is 11.5 Å². The van der Waals surface area contributed by atoms with E-state index in [4.69, 9.17) is 5.73 Å². The molecule has 0 bridgehead atoms. The van der Waals surface area contributed by atoms with Crippen molar-refractivity contribution in [3.63, 3.8) is 0 Å². The average Bonchev–Trinajstić information content (AvgIpc) is 2.71. The minimum atomic E-state index is 0.0983. The maximum absolute atomic E-state index is 9.72. The highest BCUT2D eigenvalue weighted by Crippen LogP contribution is 2.26. The first-order valence-corrected chi connectivity index (χ1v) is 6.05. The Kier molecular flexibility index (Phi) is 3.54. The van der Waals surface area contributed by atoms with Gasteiger partial charge in [0.1, 0.15) is 11.5 Å². The van der Waals surface area contributed by atoms with Crippen LogP contribution in [0.1, 0.15) is 18.9 Å². The monoisotopic (exact) mass is 236 g/mol. The third kappa shape index (κ3) is 2.90. The molecule has 0 spiro atoms. The van der Waals surface area contributed by atoms with Gasteiger partial charge in [-0.25, -0.2) is 0 Å². The van der Waals surface area contributed by atoms with Crippen LogP contribution in [-0.4, -0.2) is 34.2 Å². The normalized spacial score (nSPS) is 22.8. The average molecular weight is 236 g/mol. The summed E-state index contributed by atoms with van der Waals surface area (Å²) in [4.78, 5) is 2.29. The maximum atomic E-state index is 9.72. The lowest BCUT2D eigenvalue weighted by molar-refractivity contribution is 0.303. The summed E-state index contributed by atoms with van der Waals surface area (Å²) >= 11 is 0. The summed E-state index contributed by atoms with van der Waals surface area (Å²) in [6.07, 6.45) is 1.12. The van der Waals surface area contributed by atoms with E-state index in [1.165, 1.54) is 6.07 Å². The summed E-state index contributed by atoms with van der Waals surface area (Å²) in [7, 11) is 0. The van der Waals surface area contributed by atoms with E-state index >= 15 is 0 Å². The number of rotatable bonds is 3. The van der Waals surface area contributed by atoms with Crippen LogP contribution >= 0.6 is 0 Å². The molecule has 94 valence electrons. The van der Waals surface area contributed by atoms with Crippen molar-refractivity contribution in [2.75, 3.05) is 13.1 Å². The molecule has 1 saturated heterocycles. The minimum Gasteiger partial charge on any atom is -0.508 e. The highest BCUT2D eigenvalue weighted by Gasteiger charge is 2.25. The Hall–Kier alpha value is -1.26. The van der Waals surface area contributed by atoms with Gasteiger partial charge in [0, 0.05) is 30.8 Å². The van der Waals surface area contributed by atoms with Crippen LogP contribution in [0.25, 0.3) is 0 Å². The molecule has 1 fully saturated rings. The van der Waals surface area contributed by atoms with E-state index in [0.717, 1.165) is 31.6 Å². The Morgan fingerprint density at radius 1 is 1.47 bits per heavy atom. The molecule has 0 aromatic heterocycles. The third-order valence-corrected chi connectivity index (χ3v) is 3.52. The predicted octanol–water partition coefficient (Wildman–Crippen LogP) is 1.27. The Bertz CT molecular complexity index is 393. The molecule has 1 aliphatic heterocycles. The second kappa shape index (κ2) is 4.94. The topological polar surface area (TPSA) is 69.7 Å². The molecule has 1 heterocycles. The van der Waals surface area contributed by atoms with Crippen molar-refractivity contribution < 1.29 is 10.2 Å². The fourth-order valence-corrected chi connectivity index (χ4v) is 2.36. The molecule has 1 aliphatic rings. The Balaban J connectivity index is 1.98. The van der Waals surface area contributed by atoms with Crippen LogP contribution in [-0.2, 0) is 6.54 Å². The van der Waals surface area contributed by atoms with E-state index in [1.54, 1.807) is 12.1 Å². The fraction of sp³-hybridized carbons (Fsp3) is 0.538. The zero-order chi connectivity index (χ0) is 12.4. The molecule has 0 saturated carbocycles. The molecule has 4 nitrogen and oxygen atoms in total. The lowest BCUT2D eigenvalue weighted by Crippen LogP contribution is -2.29. The molecule has 4 heteroatoms. The van der Waals surface area contributed by atoms with E-state index in [-0.39, 0.29) is 17.5 Å². The molecule has 4 N–H and O–H groups in total. The first-order chi connectivity index (χ1) is 8.06. The van der Waals surface area contributed by atoms with E-state index in [9.17, 15) is 10.2 Å². The van der Waals surface area contributed by atoms with Gasteiger partial charge in [0.2, 0.25) is 0 Å². The van der Waals surface area contributed by atoms with E-state index in [1.807, 2.05) is 6.92 Å². The van der Waals surface area contributed by atoms with Gasteiger partial charge in [-0.05, 0) is 31.9 Å². The van der Waals surface area contributed by atoms with E-state index < -0.39 is 0 Å². The molecule has 2 unspecified atom stereocenters. The molecule has 0 aliphatic carbocycles. The molecule has 1 aromatic carbocycles. The van der Waals surface area contributed by atoms with Gasteiger partial charge >= 0.3 is 0 Å². The van der Waals surface area contributed by atoms with Gasteiger partial charge in [-0.2, -0.15) is 0 Å². The van der Waals surface area contributed by atoms with Gasteiger partial charge < -0.3 is 15.9 Å². The Labute approximate surface area is 102 Å². The zero-order valence-electron chi connectivity index (χ0n) is 10.1. The third-order valence-electron chi connectivity index (χ3n) is 3.52. The van der Waals surface area contributed by atoms with Crippen molar-refractivity contribution in [1.82, 2.24) is 4.90 Å². The standard InChI is InChI=1S/C13H20N2O2/c1-9(14)10-4-5-15(7-10)8-11-2-3-12(16)6-13(11)17/h2-3,6,9-10,16-17H,4-5,7-8,14H2,1H3. The number of aromatic hydroxyl groups is 2. The van der Waals surface area contributed by atoms with Crippen molar-refractivity contribution in [2.24, 2.45) is 11.7 Å². The van der Waals surface area contributed by atoms with Gasteiger partial charge in [0.15, 0.2) is 0 Å². The molecule has 1 aromatic rings. The highest BCUT2D eigenvalue weighted by atomic mass is 16.3. The van der Waals surface area contributed by atoms with E-state index in [0.29, 0.717) is 5.92 Å². The maximum Gasteiger partial charge on any atom is 0.123 e. The van der Waals surface area contributed by atoms with Gasteiger partial charge in [-0.3, -0.25) is 4.90 Å². The van der Waals surface area contributed by atoms with Gasteiger partial charge in [0.25, 0.3) is 0 Å². The molecule has 0 amide bonds. The Morgan fingerprint density at radius 2 is 2.24 bits per heavy atom. The lowest BCUT2D eigenvalue weighted by atomic mass is 10.0. The molecule has 0 radical (unpaired) electrons. The van der Waals surface area contributed by atoms with Crippen molar-refractivity contribution >= 4 is 0 Å². The second-order valence-electron chi connectivity index (χ2n) is 4.96. The lowest BCUT2D eigenvalue weighted by Gasteiger charge is -2.18. The van der Waals surface area contributed by atoms with Crippen molar-refractivity contribution in [2.45, 2.75) is 25.9 Å². The summed E-state index contributed by atoms with van der Waals surface area (Å²) in [5.74, 6) is 0.810. The number of nitrogens with two attached hydrogens (primary N) is 1. The second-order valence-corrected chi connectivity index (χ2v) is 4.96. The highest BCUT2D eigenvalue weighted by molar-refractivity contribution is 5.38. The van der Waals surface area contributed by atoms with Gasteiger partial charge in [-0.1, -0.05) is 6.07 Å². The fourth-order valence-electron chi connectivity index (χ4n) is 2.36. The number of likely N-dealkylation sites (tertiary alicyclic amines) is 1. The Morgan fingerprint density at radius 3 is 2.82 bits per heavy atom. The summed E-state index contributed by atoms with van der Waals surface area (Å²) in [5.41, 5.74) is 6.75. The zero-order valence-corrected chi connectivity index (χ0v) is 10.1. The van der Waals surface area contributed by atoms with Crippen LogP contribution in [0.15, 0.2) is 18.2 Å². The molecular formula is C13H20N2O2. The van der Waals surface area contributed by atoms with Crippen LogP contribution in [0.4, 0.5) is 0 Å². The number of hydrogen-bond donors (Lipinski definition) is 3. The van der Waals surface area contributed by atoms with Crippen molar-refractivity contribution in [3.8, 4) is 11.5 Å². The minimum absolute atomic E-state index is 0.0983. The van der Waals surface area contributed by atoms with Crippen LogP contribution in [0.2, 0.25) is 0 Å². The first-order valence-electron chi connectivity index (χ1n) is 6.05. The van der Waals surface area contributed by atoms with Gasteiger partial charge in [-0.15, -0.1) is 0 Å². The predicted molar refractivity (Wildman–Crippen MR) is 66.8 cm³/mol. The summed E-state index contributed by atoms with van der Waals surface area (Å²) < 4.78 is 0. The van der Waals surface area contributed by atoms with Crippen LogP contribution in [0.3, 0.4) is 0 Å². The summed E-state index contributed by atoms with van der Waals surface area (Å²) in [5, 5.41) is 18.9. The number of benzene rings is 1. The van der Waals surface area contributed by atoms with Crippen molar-refractivity contribution in [1.29, 1.82) is 0 Å². The number of hydrogen-bond acceptors (Lipinski definition) is 4.